The summed E-state index contributed by atoms with van der Waals surface area (Å²) in [5.41, 5.74) is 8.48. The number of nitrogens with zero attached hydrogens (tertiary/aromatic N) is 1. The molecule has 0 aromatic rings. The number of imide groups is 1. The number of hydrogen-bond acceptors (Lipinski definition) is 11. The number of unbranched alkanes of at least 4 members (excludes halogenated alkanes) is 1. The van der Waals surface area contributed by atoms with Crippen LogP contribution in [0.5, 0.6) is 0 Å². The summed E-state index contributed by atoms with van der Waals surface area (Å²) in [5.74, 6) is -1.05. The van der Waals surface area contributed by atoms with Gasteiger partial charge in [-0.25, -0.2) is 5.48 Å². The first-order valence-corrected chi connectivity index (χ1v) is 10.4. The van der Waals surface area contributed by atoms with Gasteiger partial charge in [0.1, 0.15) is 0 Å². The molecule has 184 valence electrons. The van der Waals surface area contributed by atoms with E-state index in [2.05, 4.69) is 21.8 Å². The minimum atomic E-state index is -0.397. The van der Waals surface area contributed by atoms with Crippen LogP contribution >= 0.6 is 0 Å². The first kappa shape index (κ1) is 28.1. The van der Waals surface area contributed by atoms with Crippen molar-refractivity contribution in [1.29, 1.82) is 0 Å². The van der Waals surface area contributed by atoms with Crippen molar-refractivity contribution in [2.24, 2.45) is 0 Å². The Bertz CT molecular complexity index is 560. The second kappa shape index (κ2) is 18.6. The molecular formula is C19H35N5O8. The Morgan fingerprint density at radius 2 is 1.62 bits per heavy atom. The van der Waals surface area contributed by atoms with Crippen molar-refractivity contribution in [2.45, 2.75) is 31.7 Å². The molecule has 0 fully saturated rings. The van der Waals surface area contributed by atoms with Crippen molar-refractivity contribution in [2.75, 3.05) is 60.6 Å². The lowest BCUT2D eigenvalue weighted by Crippen LogP contribution is -2.39. The zero-order chi connectivity index (χ0) is 23.4. The fraction of sp³-hybridized carbons (Fsp3) is 0.737. The van der Waals surface area contributed by atoms with E-state index < -0.39 is 11.8 Å². The molecule has 0 aliphatic carbocycles. The third-order valence-corrected chi connectivity index (χ3v) is 4.19. The molecule has 13 heteroatoms. The summed E-state index contributed by atoms with van der Waals surface area (Å²) in [7, 11) is 3.09. The summed E-state index contributed by atoms with van der Waals surface area (Å²) < 4.78 is 9.62. The highest BCUT2D eigenvalue weighted by Crippen LogP contribution is 2.04. The minimum Gasteiger partial charge on any atom is -0.357 e. The molecule has 0 saturated carbocycles. The molecular weight excluding hydrogens is 426 g/mol. The molecule has 3 amide bonds. The van der Waals surface area contributed by atoms with Crippen molar-refractivity contribution in [3.63, 3.8) is 0 Å². The van der Waals surface area contributed by atoms with Crippen LogP contribution in [0.4, 0.5) is 0 Å². The van der Waals surface area contributed by atoms with Crippen molar-refractivity contribution in [3.05, 3.63) is 12.2 Å². The number of ether oxygens (including phenoxy) is 2. The van der Waals surface area contributed by atoms with Crippen LogP contribution in [0.3, 0.4) is 0 Å². The number of carbonyl (C=O) groups is 3. The maximum absolute atomic E-state index is 11.8. The molecule has 32 heavy (non-hydrogen) atoms. The van der Waals surface area contributed by atoms with Crippen LogP contribution in [0, 0.1) is 0 Å². The maximum Gasteiger partial charge on any atom is 0.253 e. The zero-order valence-corrected chi connectivity index (χ0v) is 18.7. The Balaban J connectivity index is 2.08. The summed E-state index contributed by atoms with van der Waals surface area (Å²) in [6.45, 7) is 2.15. The first-order chi connectivity index (χ1) is 15.6. The minimum absolute atomic E-state index is 0.0498. The van der Waals surface area contributed by atoms with Crippen LogP contribution in [0.2, 0.25) is 0 Å². The third kappa shape index (κ3) is 13.4. The molecule has 1 atom stereocenters. The molecule has 0 radical (unpaired) electrons. The molecule has 0 spiro atoms. The first-order valence-electron chi connectivity index (χ1n) is 10.4. The van der Waals surface area contributed by atoms with Crippen molar-refractivity contribution >= 4 is 17.7 Å². The zero-order valence-electron chi connectivity index (χ0n) is 18.7. The van der Waals surface area contributed by atoms with Crippen LogP contribution in [0.25, 0.3) is 0 Å². The number of rotatable bonds is 21. The normalized spacial score (nSPS) is 14.4. The third-order valence-electron chi connectivity index (χ3n) is 4.19. The van der Waals surface area contributed by atoms with Crippen LogP contribution < -0.4 is 21.8 Å². The number of methoxy groups -OCH3 is 2. The summed E-state index contributed by atoms with van der Waals surface area (Å²) in [5, 5.41) is 2.69. The molecule has 0 saturated heterocycles. The predicted molar refractivity (Wildman–Crippen MR) is 112 cm³/mol. The lowest BCUT2D eigenvalue weighted by molar-refractivity contribution is -0.137. The molecule has 1 rings (SSSR count). The van der Waals surface area contributed by atoms with E-state index in [1.807, 2.05) is 0 Å². The van der Waals surface area contributed by atoms with E-state index in [1.165, 1.54) is 19.3 Å². The number of carbonyl (C=O) groups excluding carboxylic acids is 3. The van der Waals surface area contributed by atoms with Gasteiger partial charge in [0.05, 0.1) is 12.6 Å². The Morgan fingerprint density at radius 1 is 0.938 bits per heavy atom. The monoisotopic (exact) mass is 461 g/mol. The molecule has 1 aliphatic rings. The topological polar surface area (TPSA) is 149 Å². The molecule has 1 heterocycles. The van der Waals surface area contributed by atoms with E-state index >= 15 is 0 Å². The van der Waals surface area contributed by atoms with Crippen molar-refractivity contribution < 1.29 is 38.4 Å². The molecule has 0 bridgehead atoms. The average molecular weight is 462 g/mol. The van der Waals surface area contributed by atoms with Gasteiger partial charge in [0.2, 0.25) is 5.91 Å². The largest absolute Gasteiger partial charge is 0.357 e. The van der Waals surface area contributed by atoms with Crippen molar-refractivity contribution in [3.8, 4) is 0 Å². The van der Waals surface area contributed by atoms with E-state index in [9.17, 15) is 14.4 Å². The molecule has 1 aliphatic heterocycles. The van der Waals surface area contributed by atoms with Gasteiger partial charge in [0.15, 0.2) is 13.6 Å². The molecule has 13 nitrogen and oxygen atoms in total. The Labute approximate surface area is 187 Å². The predicted octanol–water partition coefficient (Wildman–Crippen LogP) is -1.27. The lowest BCUT2D eigenvalue weighted by Gasteiger charge is -2.18. The Kier molecular flexibility index (Phi) is 16.3. The van der Waals surface area contributed by atoms with Crippen LogP contribution in [-0.4, -0.2) is 89.3 Å². The number of amides is 3. The van der Waals surface area contributed by atoms with Gasteiger partial charge in [-0.05, 0) is 12.8 Å². The van der Waals surface area contributed by atoms with E-state index in [4.69, 9.17) is 24.0 Å². The van der Waals surface area contributed by atoms with Crippen molar-refractivity contribution in [1.82, 2.24) is 26.7 Å². The van der Waals surface area contributed by atoms with Gasteiger partial charge in [-0.15, -0.1) is 0 Å². The smallest absolute Gasteiger partial charge is 0.253 e. The quantitative estimate of drug-likeness (QED) is 0.0701. The highest BCUT2D eigenvalue weighted by Gasteiger charge is 2.23. The summed E-state index contributed by atoms with van der Waals surface area (Å²) in [4.78, 5) is 51.4. The maximum atomic E-state index is 11.8. The average Bonchev–Trinajstić information content (AvgIpc) is 3.10. The molecule has 1 unspecified atom stereocenters. The standard InChI is InChI=1S/C19H35N5O8/c1-28-14-31-21-9-4-3-5-16(23-32-15-29-2)13-30-22-11-10-20-17(25)8-12-24-18(26)6-7-19(24)27/h6-7,16,21-23H,3-5,8-15H2,1-2H3,(H,20,25). The van der Waals surface area contributed by atoms with Gasteiger partial charge in [0, 0.05) is 59.0 Å². The number of hydroxylamine groups is 3. The van der Waals surface area contributed by atoms with Gasteiger partial charge in [0.25, 0.3) is 11.8 Å². The molecule has 0 aromatic carbocycles. The van der Waals surface area contributed by atoms with Gasteiger partial charge in [-0.1, -0.05) is 6.42 Å². The number of nitrogens with one attached hydrogen (secondary N) is 4. The van der Waals surface area contributed by atoms with Gasteiger partial charge >= 0.3 is 0 Å². The van der Waals surface area contributed by atoms with Crippen LogP contribution in [-0.2, 0) is 38.4 Å². The summed E-state index contributed by atoms with van der Waals surface area (Å²) in [6, 6.07) is -0.0590. The SMILES string of the molecule is COCONCCCCC(CONCCNC(=O)CCN1C(=O)C=CC1=O)NOCOC. The number of hydrogen-bond donors (Lipinski definition) is 4. The summed E-state index contributed by atoms with van der Waals surface area (Å²) in [6.07, 6.45) is 5.05. The fourth-order valence-electron chi connectivity index (χ4n) is 2.59. The fourth-order valence-corrected chi connectivity index (χ4v) is 2.59. The van der Waals surface area contributed by atoms with Gasteiger partial charge < -0.3 is 19.6 Å². The van der Waals surface area contributed by atoms with Gasteiger partial charge in [-0.2, -0.15) is 11.0 Å². The molecule has 4 N–H and O–H groups in total. The second-order valence-electron chi connectivity index (χ2n) is 6.77. The second-order valence-corrected chi connectivity index (χ2v) is 6.77. The highest BCUT2D eigenvalue weighted by atomic mass is 16.8. The van der Waals surface area contributed by atoms with Crippen LogP contribution in [0.15, 0.2) is 12.2 Å². The lowest BCUT2D eigenvalue weighted by atomic mass is 10.1. The van der Waals surface area contributed by atoms with Crippen LogP contribution in [0.1, 0.15) is 25.7 Å². The Morgan fingerprint density at radius 3 is 2.34 bits per heavy atom. The highest BCUT2D eigenvalue weighted by molar-refractivity contribution is 6.13. The summed E-state index contributed by atoms with van der Waals surface area (Å²) >= 11 is 0. The van der Waals surface area contributed by atoms with Gasteiger partial charge in [-0.3, -0.25) is 29.0 Å². The van der Waals surface area contributed by atoms with E-state index in [0.717, 1.165) is 24.2 Å². The van der Waals surface area contributed by atoms with E-state index in [0.29, 0.717) is 26.2 Å². The molecule has 0 aromatic heterocycles. The van der Waals surface area contributed by atoms with E-state index in [1.54, 1.807) is 7.11 Å². The Hall–Kier alpha value is -1.97. The van der Waals surface area contributed by atoms with E-state index in [-0.39, 0.29) is 38.5 Å².